The Bertz CT molecular complexity index is 608. The lowest BCUT2D eigenvalue weighted by Crippen LogP contribution is -2.30. The number of rotatable bonds is 8. The highest BCUT2D eigenvalue weighted by Gasteiger charge is 2.04. The van der Waals surface area contributed by atoms with Gasteiger partial charge in [-0.15, -0.1) is 11.3 Å². The molecule has 116 valence electrons. The lowest BCUT2D eigenvalue weighted by molar-refractivity contribution is -0.136. The highest BCUT2D eigenvalue weighted by molar-refractivity contribution is 7.09. The second-order valence-corrected chi connectivity index (χ2v) is 5.71. The number of carboxylic acids is 1. The van der Waals surface area contributed by atoms with E-state index in [4.69, 9.17) is 9.84 Å². The predicted molar refractivity (Wildman–Crippen MR) is 84.3 cm³/mol. The molecule has 0 aliphatic carbocycles. The molecule has 0 aliphatic heterocycles. The molecule has 0 atom stereocenters. The molecule has 0 radical (unpaired) electrons. The summed E-state index contributed by atoms with van der Waals surface area (Å²) < 4.78 is 5.36. The number of carbonyl (C=O) groups excluding carboxylic acids is 1. The minimum Gasteiger partial charge on any atom is -0.484 e. The third-order valence-electron chi connectivity index (χ3n) is 2.92. The van der Waals surface area contributed by atoms with Gasteiger partial charge in [0.2, 0.25) is 0 Å². The van der Waals surface area contributed by atoms with Gasteiger partial charge >= 0.3 is 5.97 Å². The summed E-state index contributed by atoms with van der Waals surface area (Å²) in [6, 6.07) is 10.7. The molecule has 0 saturated carbocycles. The third kappa shape index (κ3) is 5.57. The van der Waals surface area contributed by atoms with E-state index < -0.39 is 5.97 Å². The fourth-order valence-electron chi connectivity index (χ4n) is 1.86. The monoisotopic (exact) mass is 319 g/mol. The number of carboxylic acid groups (broad SMARTS) is 1. The van der Waals surface area contributed by atoms with Crippen molar-refractivity contribution < 1.29 is 19.4 Å². The molecule has 6 heteroatoms. The molecular weight excluding hydrogens is 302 g/mol. The Morgan fingerprint density at radius 1 is 1.18 bits per heavy atom. The van der Waals surface area contributed by atoms with E-state index in [9.17, 15) is 9.59 Å². The summed E-state index contributed by atoms with van der Waals surface area (Å²) in [4.78, 5) is 23.4. The van der Waals surface area contributed by atoms with Crippen LogP contribution in [0.2, 0.25) is 0 Å². The van der Waals surface area contributed by atoms with Crippen LogP contribution in [-0.4, -0.2) is 30.1 Å². The Hall–Kier alpha value is -2.34. The topological polar surface area (TPSA) is 75.6 Å². The second-order valence-electron chi connectivity index (χ2n) is 4.68. The standard InChI is InChI=1S/C16H17NO4S/c18-15(17-8-7-14-2-1-9-22-14)11-21-13-5-3-12(4-6-13)10-16(19)20/h1-6,9H,7-8,10-11H2,(H,17,18)(H,19,20). The fraction of sp³-hybridized carbons (Fsp3) is 0.250. The number of nitrogens with one attached hydrogen (secondary N) is 1. The van der Waals surface area contributed by atoms with Gasteiger partial charge in [-0.3, -0.25) is 9.59 Å². The van der Waals surface area contributed by atoms with Crippen LogP contribution in [-0.2, 0) is 22.4 Å². The Morgan fingerprint density at radius 2 is 1.95 bits per heavy atom. The van der Waals surface area contributed by atoms with Crippen molar-refractivity contribution in [2.45, 2.75) is 12.8 Å². The zero-order chi connectivity index (χ0) is 15.8. The molecule has 1 heterocycles. The van der Waals surface area contributed by atoms with E-state index in [0.717, 1.165) is 6.42 Å². The van der Waals surface area contributed by atoms with Crippen LogP contribution in [0.4, 0.5) is 0 Å². The van der Waals surface area contributed by atoms with Crippen molar-refractivity contribution >= 4 is 23.2 Å². The first-order valence-electron chi connectivity index (χ1n) is 6.86. The summed E-state index contributed by atoms with van der Waals surface area (Å²) in [5.74, 6) is -0.507. The molecular formula is C16H17NO4S. The van der Waals surface area contributed by atoms with Crippen LogP contribution in [0.15, 0.2) is 41.8 Å². The van der Waals surface area contributed by atoms with Crippen molar-refractivity contribution in [3.8, 4) is 5.75 Å². The number of ether oxygens (including phenoxy) is 1. The van der Waals surface area contributed by atoms with Crippen LogP contribution >= 0.6 is 11.3 Å². The van der Waals surface area contributed by atoms with Crippen LogP contribution in [0, 0.1) is 0 Å². The summed E-state index contributed by atoms with van der Waals surface area (Å²) >= 11 is 1.67. The number of carbonyl (C=O) groups is 2. The highest BCUT2D eigenvalue weighted by Crippen LogP contribution is 2.12. The normalized spacial score (nSPS) is 10.2. The summed E-state index contributed by atoms with van der Waals surface area (Å²) in [6.45, 7) is 0.531. The van der Waals surface area contributed by atoms with Gasteiger partial charge in [0, 0.05) is 11.4 Å². The van der Waals surface area contributed by atoms with Gasteiger partial charge in [-0.05, 0) is 35.6 Å². The molecule has 5 nitrogen and oxygen atoms in total. The number of amides is 1. The SMILES string of the molecule is O=C(O)Cc1ccc(OCC(=O)NCCc2cccs2)cc1. The van der Waals surface area contributed by atoms with E-state index in [-0.39, 0.29) is 18.9 Å². The molecule has 1 amide bonds. The van der Waals surface area contributed by atoms with E-state index in [1.165, 1.54) is 4.88 Å². The van der Waals surface area contributed by atoms with E-state index in [0.29, 0.717) is 17.9 Å². The molecule has 22 heavy (non-hydrogen) atoms. The molecule has 0 spiro atoms. The molecule has 0 bridgehead atoms. The first-order valence-corrected chi connectivity index (χ1v) is 7.74. The quantitative estimate of drug-likeness (QED) is 0.781. The number of thiophene rings is 1. The van der Waals surface area contributed by atoms with Gasteiger partial charge in [0.05, 0.1) is 6.42 Å². The van der Waals surface area contributed by atoms with Gasteiger partial charge in [0.15, 0.2) is 6.61 Å². The van der Waals surface area contributed by atoms with Gasteiger partial charge in [-0.25, -0.2) is 0 Å². The maximum atomic E-state index is 11.6. The summed E-state index contributed by atoms with van der Waals surface area (Å²) in [7, 11) is 0. The third-order valence-corrected chi connectivity index (χ3v) is 3.86. The number of aliphatic carboxylic acids is 1. The minimum absolute atomic E-state index is 0.0243. The fourth-order valence-corrected chi connectivity index (χ4v) is 2.57. The minimum atomic E-state index is -0.876. The van der Waals surface area contributed by atoms with Crippen molar-refractivity contribution in [1.82, 2.24) is 5.32 Å². The lowest BCUT2D eigenvalue weighted by Gasteiger charge is -2.07. The Balaban J connectivity index is 1.68. The van der Waals surface area contributed by atoms with Gasteiger partial charge < -0.3 is 15.2 Å². The lowest BCUT2D eigenvalue weighted by atomic mass is 10.1. The Kier molecular flexibility index (Phi) is 5.97. The number of hydrogen-bond acceptors (Lipinski definition) is 4. The van der Waals surface area contributed by atoms with E-state index in [2.05, 4.69) is 5.32 Å². The molecule has 0 fully saturated rings. The molecule has 0 aliphatic rings. The molecule has 2 aromatic rings. The van der Waals surface area contributed by atoms with Crippen molar-refractivity contribution in [3.05, 3.63) is 52.2 Å². The first-order chi connectivity index (χ1) is 10.6. The molecule has 2 rings (SSSR count). The largest absolute Gasteiger partial charge is 0.484 e. The van der Waals surface area contributed by atoms with Crippen molar-refractivity contribution in [3.63, 3.8) is 0 Å². The Labute approximate surface area is 132 Å². The highest BCUT2D eigenvalue weighted by atomic mass is 32.1. The van der Waals surface area contributed by atoms with Crippen molar-refractivity contribution in [2.24, 2.45) is 0 Å². The molecule has 1 aromatic heterocycles. The van der Waals surface area contributed by atoms with E-state index in [1.54, 1.807) is 35.6 Å². The predicted octanol–water partition coefficient (Wildman–Crippen LogP) is 2.11. The van der Waals surface area contributed by atoms with Crippen LogP contribution < -0.4 is 10.1 Å². The zero-order valence-electron chi connectivity index (χ0n) is 12.0. The van der Waals surface area contributed by atoms with Gasteiger partial charge in [0.25, 0.3) is 5.91 Å². The van der Waals surface area contributed by atoms with Crippen molar-refractivity contribution in [1.29, 1.82) is 0 Å². The van der Waals surface area contributed by atoms with Crippen LogP contribution in [0.5, 0.6) is 5.75 Å². The number of benzene rings is 1. The maximum Gasteiger partial charge on any atom is 0.307 e. The van der Waals surface area contributed by atoms with Crippen LogP contribution in [0.25, 0.3) is 0 Å². The van der Waals surface area contributed by atoms with E-state index in [1.807, 2.05) is 17.5 Å². The van der Waals surface area contributed by atoms with Crippen molar-refractivity contribution in [2.75, 3.05) is 13.2 Å². The van der Waals surface area contributed by atoms with Crippen LogP contribution in [0.1, 0.15) is 10.4 Å². The van der Waals surface area contributed by atoms with E-state index >= 15 is 0 Å². The smallest absolute Gasteiger partial charge is 0.307 e. The summed E-state index contributed by atoms with van der Waals surface area (Å²) in [5, 5.41) is 13.5. The first kappa shape index (κ1) is 16.0. The average molecular weight is 319 g/mol. The average Bonchev–Trinajstić information content (AvgIpc) is 2.99. The van der Waals surface area contributed by atoms with Gasteiger partial charge in [-0.1, -0.05) is 18.2 Å². The number of hydrogen-bond donors (Lipinski definition) is 2. The molecule has 0 saturated heterocycles. The molecule has 1 aromatic carbocycles. The van der Waals surface area contributed by atoms with Gasteiger partial charge in [-0.2, -0.15) is 0 Å². The molecule has 0 unspecified atom stereocenters. The second kappa shape index (κ2) is 8.19. The summed E-state index contributed by atoms with van der Waals surface area (Å²) in [6.07, 6.45) is 0.788. The van der Waals surface area contributed by atoms with Crippen LogP contribution in [0.3, 0.4) is 0 Å². The Morgan fingerprint density at radius 3 is 2.59 bits per heavy atom. The summed E-state index contributed by atoms with van der Waals surface area (Å²) in [5.41, 5.74) is 0.695. The van der Waals surface area contributed by atoms with Gasteiger partial charge in [0.1, 0.15) is 5.75 Å². The zero-order valence-corrected chi connectivity index (χ0v) is 12.8. The maximum absolute atomic E-state index is 11.6. The molecule has 2 N–H and O–H groups in total.